The molecule has 0 atom stereocenters. The minimum atomic E-state index is 0.906. The molecule has 0 radical (unpaired) electrons. The highest BCUT2D eigenvalue weighted by Gasteiger charge is 2.20. The van der Waals surface area contributed by atoms with Crippen LogP contribution in [0.15, 0.2) is 164 Å². The Morgan fingerprint density at radius 3 is 1.93 bits per heavy atom. The first-order valence-electron chi connectivity index (χ1n) is 15.8. The molecule has 0 bridgehead atoms. The molecule has 0 aliphatic carbocycles. The number of rotatable bonds is 3. The Hall–Kier alpha value is -6.12. The van der Waals surface area contributed by atoms with Gasteiger partial charge in [-0.25, -0.2) is 0 Å². The van der Waals surface area contributed by atoms with E-state index in [1.54, 1.807) is 0 Å². The number of hydrogen-bond donors (Lipinski definition) is 0. The maximum atomic E-state index is 6.33. The van der Waals surface area contributed by atoms with E-state index in [9.17, 15) is 0 Å². The maximum absolute atomic E-state index is 6.33. The second-order valence-corrected chi connectivity index (χ2v) is 12.2. The van der Waals surface area contributed by atoms with Crippen LogP contribution in [0.4, 0.5) is 0 Å². The van der Waals surface area contributed by atoms with Gasteiger partial charge in [0, 0.05) is 27.4 Å². The molecular formula is C44H27NO. The van der Waals surface area contributed by atoms with Gasteiger partial charge in [-0.15, -0.1) is 0 Å². The normalized spacial score (nSPS) is 12.1. The topological polar surface area (TPSA) is 14.2 Å². The smallest absolute Gasteiger partial charge is 0.135 e. The summed E-state index contributed by atoms with van der Waals surface area (Å²) in [5.41, 5.74) is 10.8. The fourth-order valence-electron chi connectivity index (χ4n) is 7.35. The number of fused-ring (bicyclic) bond motifs is 6. The van der Waals surface area contributed by atoms with E-state index in [4.69, 9.17) is 4.74 Å². The van der Waals surface area contributed by atoms with Crippen LogP contribution in [-0.2, 0) is 0 Å². The summed E-state index contributed by atoms with van der Waals surface area (Å²) >= 11 is 0. The van der Waals surface area contributed by atoms with Gasteiger partial charge in [0.15, 0.2) is 0 Å². The molecule has 2 heterocycles. The van der Waals surface area contributed by atoms with Crippen molar-refractivity contribution in [3.05, 3.63) is 164 Å². The summed E-state index contributed by atoms with van der Waals surface area (Å²) < 4.78 is 8.71. The van der Waals surface area contributed by atoms with Gasteiger partial charge in [0.25, 0.3) is 0 Å². The van der Waals surface area contributed by atoms with Crippen molar-refractivity contribution in [2.24, 2.45) is 0 Å². The van der Waals surface area contributed by atoms with Crippen molar-refractivity contribution in [1.29, 1.82) is 0 Å². The van der Waals surface area contributed by atoms with Crippen molar-refractivity contribution in [3.63, 3.8) is 0 Å². The van der Waals surface area contributed by atoms with Gasteiger partial charge >= 0.3 is 0 Å². The van der Waals surface area contributed by atoms with E-state index < -0.39 is 0 Å². The van der Waals surface area contributed by atoms with Gasteiger partial charge in [0.05, 0.1) is 11.0 Å². The van der Waals surface area contributed by atoms with E-state index in [1.807, 2.05) is 0 Å². The Morgan fingerprint density at radius 1 is 0.370 bits per heavy atom. The molecule has 0 spiro atoms. The summed E-state index contributed by atoms with van der Waals surface area (Å²) in [5, 5.41) is 7.42. The van der Waals surface area contributed by atoms with Crippen molar-refractivity contribution in [3.8, 4) is 50.6 Å². The summed E-state index contributed by atoms with van der Waals surface area (Å²) in [7, 11) is 0. The predicted molar refractivity (Wildman–Crippen MR) is 192 cm³/mol. The minimum absolute atomic E-state index is 0.906. The Bertz CT molecular complexity index is 2640. The maximum Gasteiger partial charge on any atom is 0.135 e. The molecule has 9 aromatic rings. The molecule has 0 unspecified atom stereocenters. The fourth-order valence-corrected chi connectivity index (χ4v) is 7.35. The van der Waals surface area contributed by atoms with E-state index in [-0.39, 0.29) is 0 Å². The molecular weight excluding hydrogens is 558 g/mol. The van der Waals surface area contributed by atoms with Crippen LogP contribution in [0.3, 0.4) is 0 Å². The lowest BCUT2D eigenvalue weighted by molar-refractivity contribution is 0.487. The number of nitrogens with zero attached hydrogens (tertiary/aromatic N) is 1. The Balaban J connectivity index is 1.05. The zero-order chi connectivity index (χ0) is 30.2. The molecule has 8 aromatic carbocycles. The number of benzene rings is 8. The van der Waals surface area contributed by atoms with Gasteiger partial charge in [-0.1, -0.05) is 109 Å². The first-order valence-corrected chi connectivity index (χ1v) is 15.8. The first-order chi connectivity index (χ1) is 22.8. The van der Waals surface area contributed by atoms with E-state index in [0.29, 0.717) is 0 Å². The Kier molecular flexibility index (Phi) is 5.31. The average Bonchev–Trinajstić information content (AvgIpc) is 3.44. The van der Waals surface area contributed by atoms with Crippen LogP contribution in [0, 0.1) is 0 Å². The van der Waals surface area contributed by atoms with Crippen molar-refractivity contribution >= 4 is 43.4 Å². The summed E-state index contributed by atoms with van der Waals surface area (Å²) in [6, 6.07) is 59.1. The SMILES string of the molecule is c1ccc(-n2c3ccccc3c3cc4ccc(-c5ccc(-c6ccc7c(c6)-c6cccc8cccc(c68)O7)cc5)cc4cc32)cc1. The fraction of sp³-hybridized carbons (Fsp3) is 0. The molecule has 10 rings (SSSR count). The molecule has 1 aromatic heterocycles. The van der Waals surface area contributed by atoms with Crippen LogP contribution >= 0.6 is 0 Å². The van der Waals surface area contributed by atoms with Gasteiger partial charge in [0.2, 0.25) is 0 Å². The van der Waals surface area contributed by atoms with Crippen molar-refractivity contribution in [1.82, 2.24) is 4.57 Å². The number of aromatic nitrogens is 1. The third-order valence-corrected chi connectivity index (χ3v) is 9.55. The molecule has 1 aliphatic rings. The van der Waals surface area contributed by atoms with Crippen molar-refractivity contribution < 1.29 is 4.74 Å². The number of para-hydroxylation sites is 2. The molecule has 1 aliphatic heterocycles. The van der Waals surface area contributed by atoms with Gasteiger partial charge in [0.1, 0.15) is 11.5 Å². The van der Waals surface area contributed by atoms with E-state index in [0.717, 1.165) is 17.1 Å². The van der Waals surface area contributed by atoms with Gasteiger partial charge in [-0.2, -0.15) is 0 Å². The monoisotopic (exact) mass is 585 g/mol. The lowest BCUT2D eigenvalue weighted by Gasteiger charge is -2.22. The van der Waals surface area contributed by atoms with Crippen LogP contribution in [0.25, 0.3) is 82.4 Å². The highest BCUT2D eigenvalue weighted by atomic mass is 16.5. The van der Waals surface area contributed by atoms with Gasteiger partial charge in [-0.05, 0) is 98.6 Å². The molecule has 0 saturated carbocycles. The zero-order valence-electron chi connectivity index (χ0n) is 24.9. The molecule has 46 heavy (non-hydrogen) atoms. The second kappa shape index (κ2) is 9.69. The minimum Gasteiger partial charge on any atom is -0.456 e. The molecule has 2 nitrogen and oxygen atoms in total. The third kappa shape index (κ3) is 3.77. The standard InChI is InChI=1S/C44H27NO/c1-2-10-35(11-3-1)45-40-14-5-4-12-36(40)38-25-33-21-20-31(24-34(33)27-41(38)45)28-16-18-29(19-17-28)32-22-23-42-39(26-32)37-13-6-8-30-9-7-15-43(46-42)44(30)37/h1-27H. The second-order valence-electron chi connectivity index (χ2n) is 12.2. The van der Waals surface area contributed by atoms with Crippen LogP contribution in [-0.4, -0.2) is 4.57 Å². The average molecular weight is 586 g/mol. The quantitative estimate of drug-likeness (QED) is 0.201. The molecule has 2 heteroatoms. The van der Waals surface area contributed by atoms with Crippen molar-refractivity contribution in [2.75, 3.05) is 0 Å². The summed E-state index contributed by atoms with van der Waals surface area (Å²) in [6.07, 6.45) is 0. The Morgan fingerprint density at radius 2 is 1.09 bits per heavy atom. The molecule has 0 amide bonds. The lowest BCUT2D eigenvalue weighted by Crippen LogP contribution is -1.97. The zero-order valence-corrected chi connectivity index (χ0v) is 24.9. The summed E-state index contributed by atoms with van der Waals surface area (Å²) in [5.74, 6) is 1.83. The predicted octanol–water partition coefficient (Wildman–Crippen LogP) is 12.2. The van der Waals surface area contributed by atoms with Gasteiger partial charge in [-0.3, -0.25) is 0 Å². The van der Waals surface area contributed by atoms with Gasteiger partial charge < -0.3 is 9.30 Å². The van der Waals surface area contributed by atoms with E-state index in [1.165, 1.54) is 76.9 Å². The molecule has 0 saturated heterocycles. The largest absolute Gasteiger partial charge is 0.456 e. The van der Waals surface area contributed by atoms with E-state index in [2.05, 4.69) is 168 Å². The first kappa shape index (κ1) is 25.2. The van der Waals surface area contributed by atoms with Crippen LogP contribution in [0.1, 0.15) is 0 Å². The summed E-state index contributed by atoms with van der Waals surface area (Å²) in [4.78, 5) is 0. The lowest BCUT2D eigenvalue weighted by atomic mass is 9.92. The number of hydrogen-bond acceptors (Lipinski definition) is 1. The van der Waals surface area contributed by atoms with Crippen LogP contribution in [0.2, 0.25) is 0 Å². The Labute approximate surface area is 266 Å². The highest BCUT2D eigenvalue weighted by Crippen LogP contribution is 2.47. The summed E-state index contributed by atoms with van der Waals surface area (Å²) in [6.45, 7) is 0. The molecule has 0 N–H and O–H groups in total. The highest BCUT2D eigenvalue weighted by molar-refractivity contribution is 6.14. The molecule has 0 fully saturated rings. The number of ether oxygens (including phenoxy) is 1. The van der Waals surface area contributed by atoms with Crippen LogP contribution < -0.4 is 4.74 Å². The van der Waals surface area contributed by atoms with E-state index >= 15 is 0 Å². The third-order valence-electron chi connectivity index (χ3n) is 9.55. The molecule has 214 valence electrons. The van der Waals surface area contributed by atoms with Crippen LogP contribution in [0.5, 0.6) is 11.5 Å². The van der Waals surface area contributed by atoms with Crippen molar-refractivity contribution in [2.45, 2.75) is 0 Å².